The average Bonchev–Trinajstić information content (AvgIpc) is 2.90. The smallest absolute Gasteiger partial charge is 0.254 e. The maximum atomic E-state index is 12.8. The molecule has 1 aromatic rings. The number of hydrogen-bond acceptors (Lipinski definition) is 3. The van der Waals surface area contributed by atoms with E-state index in [1.165, 1.54) is 32.1 Å². The van der Waals surface area contributed by atoms with Crippen molar-refractivity contribution in [3.05, 3.63) is 23.9 Å². The quantitative estimate of drug-likeness (QED) is 0.831. The summed E-state index contributed by atoms with van der Waals surface area (Å²) < 4.78 is 0. The van der Waals surface area contributed by atoms with E-state index in [9.17, 15) is 4.79 Å². The predicted octanol–water partition coefficient (Wildman–Crippen LogP) is 2.55. The Morgan fingerprint density at radius 2 is 2.10 bits per heavy atom. The molecule has 0 radical (unpaired) electrons. The summed E-state index contributed by atoms with van der Waals surface area (Å²) in [7, 11) is 3.90. The van der Waals surface area contributed by atoms with E-state index in [-0.39, 0.29) is 5.91 Å². The normalized spacial score (nSPS) is 25.4. The molecule has 4 heteroatoms. The summed E-state index contributed by atoms with van der Waals surface area (Å²) in [5, 5.41) is 0. The van der Waals surface area contributed by atoms with Gasteiger partial charge in [-0.05, 0) is 37.3 Å². The lowest BCUT2D eigenvalue weighted by Crippen LogP contribution is -2.39. The fraction of sp³-hybridized carbons (Fsp3) is 0.625. The minimum Gasteiger partial charge on any atom is -0.363 e. The van der Waals surface area contributed by atoms with Gasteiger partial charge in [0.1, 0.15) is 5.82 Å². The third-order valence-electron chi connectivity index (χ3n) is 4.72. The molecule has 1 saturated carbocycles. The van der Waals surface area contributed by atoms with E-state index in [2.05, 4.69) is 9.88 Å². The van der Waals surface area contributed by atoms with Crippen molar-refractivity contribution in [1.29, 1.82) is 0 Å². The van der Waals surface area contributed by atoms with Crippen molar-refractivity contribution < 1.29 is 4.79 Å². The van der Waals surface area contributed by atoms with Crippen molar-refractivity contribution in [2.24, 2.45) is 5.92 Å². The van der Waals surface area contributed by atoms with Gasteiger partial charge in [0.15, 0.2) is 0 Å². The molecule has 0 spiro atoms. The number of pyridine rings is 1. The SMILES string of the molecule is CN(C)c1cc(C(=O)N2CCC3CCCCC32)ccn1. The molecule has 2 unspecified atom stereocenters. The molecule has 108 valence electrons. The molecule has 20 heavy (non-hydrogen) atoms. The number of carbonyl (C=O) groups excluding carboxylic acids is 1. The van der Waals surface area contributed by atoms with Crippen LogP contribution in [0.1, 0.15) is 42.5 Å². The standard InChI is InChI=1S/C16H23N3O/c1-18(2)15-11-13(7-9-17-15)16(20)19-10-8-12-5-3-4-6-14(12)19/h7,9,11-12,14H,3-6,8,10H2,1-2H3. The minimum atomic E-state index is 0.185. The lowest BCUT2D eigenvalue weighted by molar-refractivity contribution is 0.0690. The molecule has 0 bridgehead atoms. The van der Waals surface area contributed by atoms with Crippen molar-refractivity contribution in [2.45, 2.75) is 38.1 Å². The van der Waals surface area contributed by atoms with E-state index in [0.29, 0.717) is 6.04 Å². The third kappa shape index (κ3) is 2.39. The van der Waals surface area contributed by atoms with Crippen LogP contribution in [0, 0.1) is 5.92 Å². The van der Waals surface area contributed by atoms with Gasteiger partial charge in [0.2, 0.25) is 0 Å². The van der Waals surface area contributed by atoms with Gasteiger partial charge in [-0.1, -0.05) is 12.8 Å². The number of rotatable bonds is 2. The first-order chi connectivity index (χ1) is 9.66. The molecule has 2 fully saturated rings. The largest absolute Gasteiger partial charge is 0.363 e. The van der Waals surface area contributed by atoms with Gasteiger partial charge >= 0.3 is 0 Å². The van der Waals surface area contributed by atoms with Gasteiger partial charge in [-0.15, -0.1) is 0 Å². The van der Waals surface area contributed by atoms with Crippen LogP contribution in [-0.2, 0) is 0 Å². The topological polar surface area (TPSA) is 36.4 Å². The van der Waals surface area contributed by atoms with E-state index in [1.807, 2.05) is 31.1 Å². The Kier molecular flexibility index (Phi) is 3.64. The fourth-order valence-corrected chi connectivity index (χ4v) is 3.62. The second-order valence-electron chi connectivity index (χ2n) is 6.20. The van der Waals surface area contributed by atoms with Crippen LogP contribution in [0.3, 0.4) is 0 Å². The summed E-state index contributed by atoms with van der Waals surface area (Å²) >= 11 is 0. The Morgan fingerprint density at radius 1 is 1.30 bits per heavy atom. The first kappa shape index (κ1) is 13.4. The fourth-order valence-electron chi connectivity index (χ4n) is 3.62. The number of fused-ring (bicyclic) bond motifs is 1. The highest BCUT2D eigenvalue weighted by atomic mass is 16.2. The zero-order chi connectivity index (χ0) is 14.1. The van der Waals surface area contributed by atoms with Gasteiger partial charge in [0.05, 0.1) is 0 Å². The number of amides is 1. The Labute approximate surface area is 120 Å². The van der Waals surface area contributed by atoms with Crippen molar-refractivity contribution in [3.8, 4) is 0 Å². The van der Waals surface area contributed by atoms with E-state index in [0.717, 1.165) is 23.8 Å². The summed E-state index contributed by atoms with van der Waals surface area (Å²) in [6.45, 7) is 0.924. The van der Waals surface area contributed by atoms with Crippen LogP contribution in [0.4, 0.5) is 5.82 Å². The van der Waals surface area contributed by atoms with Crippen molar-refractivity contribution in [2.75, 3.05) is 25.5 Å². The zero-order valence-electron chi connectivity index (χ0n) is 12.4. The van der Waals surface area contributed by atoms with Crippen LogP contribution in [0.15, 0.2) is 18.3 Å². The van der Waals surface area contributed by atoms with Crippen LogP contribution in [0.25, 0.3) is 0 Å². The van der Waals surface area contributed by atoms with Crippen LogP contribution >= 0.6 is 0 Å². The summed E-state index contributed by atoms with van der Waals surface area (Å²) in [5.41, 5.74) is 0.773. The van der Waals surface area contributed by atoms with Gasteiger partial charge in [0, 0.05) is 38.4 Å². The van der Waals surface area contributed by atoms with Gasteiger partial charge in [-0.3, -0.25) is 4.79 Å². The maximum absolute atomic E-state index is 12.8. The highest BCUT2D eigenvalue weighted by Gasteiger charge is 2.38. The molecule has 1 aliphatic carbocycles. The molecule has 2 heterocycles. The third-order valence-corrected chi connectivity index (χ3v) is 4.72. The van der Waals surface area contributed by atoms with Crippen LogP contribution in [0.5, 0.6) is 0 Å². The van der Waals surface area contributed by atoms with Crippen molar-refractivity contribution in [1.82, 2.24) is 9.88 Å². The molecule has 2 aliphatic rings. The highest BCUT2D eigenvalue weighted by Crippen LogP contribution is 2.36. The lowest BCUT2D eigenvalue weighted by Gasteiger charge is -2.31. The Bertz CT molecular complexity index is 500. The molecular formula is C16H23N3O. The lowest BCUT2D eigenvalue weighted by atomic mass is 9.85. The first-order valence-corrected chi connectivity index (χ1v) is 7.61. The van der Waals surface area contributed by atoms with Gasteiger partial charge in [-0.25, -0.2) is 4.98 Å². The molecule has 1 aromatic heterocycles. The molecule has 1 saturated heterocycles. The van der Waals surface area contributed by atoms with Crippen LogP contribution in [-0.4, -0.2) is 42.5 Å². The number of aromatic nitrogens is 1. The maximum Gasteiger partial charge on any atom is 0.254 e. The first-order valence-electron chi connectivity index (χ1n) is 7.61. The molecular weight excluding hydrogens is 250 g/mol. The molecule has 0 N–H and O–H groups in total. The molecule has 4 nitrogen and oxygen atoms in total. The van der Waals surface area contributed by atoms with Crippen molar-refractivity contribution in [3.63, 3.8) is 0 Å². The number of hydrogen-bond donors (Lipinski definition) is 0. The van der Waals surface area contributed by atoms with Crippen LogP contribution in [0.2, 0.25) is 0 Å². The molecule has 3 rings (SSSR count). The molecule has 2 atom stereocenters. The second kappa shape index (κ2) is 5.43. The number of likely N-dealkylation sites (tertiary alicyclic amines) is 1. The molecule has 1 amide bonds. The monoisotopic (exact) mass is 273 g/mol. The zero-order valence-corrected chi connectivity index (χ0v) is 12.4. The van der Waals surface area contributed by atoms with E-state index in [4.69, 9.17) is 0 Å². The average molecular weight is 273 g/mol. The number of anilines is 1. The Balaban J connectivity index is 1.80. The van der Waals surface area contributed by atoms with Gasteiger partial charge < -0.3 is 9.80 Å². The summed E-state index contributed by atoms with van der Waals surface area (Å²) in [6.07, 6.45) is 8.00. The molecule has 1 aliphatic heterocycles. The predicted molar refractivity (Wildman–Crippen MR) is 80.0 cm³/mol. The number of carbonyl (C=O) groups is 1. The summed E-state index contributed by atoms with van der Waals surface area (Å²) in [6, 6.07) is 4.22. The summed E-state index contributed by atoms with van der Waals surface area (Å²) in [5.74, 6) is 1.77. The molecule has 0 aromatic carbocycles. The minimum absolute atomic E-state index is 0.185. The van der Waals surface area contributed by atoms with Gasteiger partial charge in [0.25, 0.3) is 5.91 Å². The highest BCUT2D eigenvalue weighted by molar-refractivity contribution is 5.95. The van der Waals surface area contributed by atoms with E-state index >= 15 is 0 Å². The van der Waals surface area contributed by atoms with E-state index in [1.54, 1.807) is 6.20 Å². The Hall–Kier alpha value is -1.58. The second-order valence-corrected chi connectivity index (χ2v) is 6.20. The summed E-state index contributed by atoms with van der Waals surface area (Å²) in [4.78, 5) is 21.1. The van der Waals surface area contributed by atoms with Crippen molar-refractivity contribution >= 4 is 11.7 Å². The Morgan fingerprint density at radius 3 is 2.90 bits per heavy atom. The van der Waals surface area contributed by atoms with Gasteiger partial charge in [-0.2, -0.15) is 0 Å². The number of nitrogens with zero attached hydrogens (tertiary/aromatic N) is 3. The van der Waals surface area contributed by atoms with Crippen LogP contribution < -0.4 is 4.90 Å². The van der Waals surface area contributed by atoms with E-state index < -0.39 is 0 Å².